The second-order valence-electron chi connectivity index (χ2n) is 5.82. The van der Waals surface area contributed by atoms with Crippen molar-refractivity contribution < 1.29 is 22.4 Å². The number of hydrogen-bond donors (Lipinski definition) is 1. The van der Waals surface area contributed by atoms with Crippen molar-refractivity contribution in [1.82, 2.24) is 4.98 Å². The van der Waals surface area contributed by atoms with Crippen molar-refractivity contribution >= 4 is 23.4 Å². The minimum absolute atomic E-state index is 0.131. The van der Waals surface area contributed by atoms with Crippen LogP contribution in [-0.2, 0) is 11.9 Å². The summed E-state index contributed by atoms with van der Waals surface area (Å²) < 4.78 is 51.6. The van der Waals surface area contributed by atoms with Gasteiger partial charge in [0.05, 0.1) is 5.56 Å². The van der Waals surface area contributed by atoms with Crippen LogP contribution in [0.2, 0.25) is 0 Å². The van der Waals surface area contributed by atoms with Gasteiger partial charge in [0.2, 0.25) is 0 Å². The Labute approximate surface area is 162 Å². The maximum Gasteiger partial charge on any atom is 0.419 e. The summed E-state index contributed by atoms with van der Waals surface area (Å²) in [5.41, 5.74) is -0.212. The van der Waals surface area contributed by atoms with Crippen LogP contribution in [0.4, 0.5) is 23.2 Å². The fourth-order valence-corrected chi connectivity index (χ4v) is 3.21. The third-order valence-electron chi connectivity index (χ3n) is 3.77. The SMILES string of the molecule is O=C(Nc1ccc(F)c(C(F)(F)F)c1)c1ccc(SCc2cccnc2)cc1. The molecule has 0 fully saturated rings. The van der Waals surface area contributed by atoms with Gasteiger partial charge in [-0.1, -0.05) is 6.07 Å². The van der Waals surface area contributed by atoms with Gasteiger partial charge in [0.15, 0.2) is 0 Å². The number of anilines is 1. The van der Waals surface area contributed by atoms with Gasteiger partial charge in [0.1, 0.15) is 5.82 Å². The molecule has 1 heterocycles. The van der Waals surface area contributed by atoms with E-state index in [1.807, 2.05) is 12.1 Å². The van der Waals surface area contributed by atoms with Crippen LogP contribution in [0.1, 0.15) is 21.5 Å². The summed E-state index contributed by atoms with van der Waals surface area (Å²) in [4.78, 5) is 17.2. The summed E-state index contributed by atoms with van der Waals surface area (Å²) in [5, 5.41) is 2.35. The van der Waals surface area contributed by atoms with Crippen molar-refractivity contribution in [2.75, 3.05) is 5.32 Å². The minimum atomic E-state index is -4.84. The first-order valence-electron chi connectivity index (χ1n) is 8.13. The molecule has 3 nitrogen and oxygen atoms in total. The summed E-state index contributed by atoms with van der Waals surface area (Å²) in [6.07, 6.45) is -1.37. The molecule has 0 spiro atoms. The maximum absolute atomic E-state index is 13.3. The molecule has 2 aromatic carbocycles. The van der Waals surface area contributed by atoms with Gasteiger partial charge in [-0.05, 0) is 54.1 Å². The molecule has 0 bridgehead atoms. The molecule has 3 rings (SSSR count). The van der Waals surface area contributed by atoms with Crippen molar-refractivity contribution in [3.8, 4) is 0 Å². The van der Waals surface area contributed by atoms with Gasteiger partial charge in [-0.25, -0.2) is 4.39 Å². The fraction of sp³-hybridized carbons (Fsp3) is 0.100. The van der Waals surface area contributed by atoms with Crippen molar-refractivity contribution in [2.45, 2.75) is 16.8 Å². The third-order valence-corrected chi connectivity index (χ3v) is 4.86. The van der Waals surface area contributed by atoms with E-state index in [4.69, 9.17) is 0 Å². The molecule has 28 heavy (non-hydrogen) atoms. The molecule has 0 saturated heterocycles. The van der Waals surface area contributed by atoms with E-state index in [-0.39, 0.29) is 11.3 Å². The minimum Gasteiger partial charge on any atom is -0.322 e. The highest BCUT2D eigenvalue weighted by Gasteiger charge is 2.34. The molecule has 8 heteroatoms. The monoisotopic (exact) mass is 406 g/mol. The lowest BCUT2D eigenvalue weighted by Gasteiger charge is -2.11. The molecule has 0 aliphatic heterocycles. The number of aromatic nitrogens is 1. The number of alkyl halides is 3. The van der Waals surface area contributed by atoms with Crippen LogP contribution < -0.4 is 5.32 Å². The van der Waals surface area contributed by atoms with Gasteiger partial charge in [-0.2, -0.15) is 13.2 Å². The molecule has 1 N–H and O–H groups in total. The highest BCUT2D eigenvalue weighted by molar-refractivity contribution is 7.98. The number of thioether (sulfide) groups is 1. The largest absolute Gasteiger partial charge is 0.419 e. The molecule has 0 radical (unpaired) electrons. The Kier molecular flexibility index (Phi) is 5.99. The highest BCUT2D eigenvalue weighted by atomic mass is 32.2. The predicted octanol–water partition coefficient (Wildman–Crippen LogP) is 5.78. The quantitative estimate of drug-likeness (QED) is 0.431. The normalized spacial score (nSPS) is 11.3. The van der Waals surface area contributed by atoms with Crippen LogP contribution in [0.15, 0.2) is 71.9 Å². The van der Waals surface area contributed by atoms with Gasteiger partial charge < -0.3 is 5.32 Å². The molecule has 1 amide bonds. The first kappa shape index (κ1) is 19.9. The summed E-state index contributed by atoms with van der Waals surface area (Å²) in [5.74, 6) is -1.25. The molecular formula is C20H14F4N2OS. The topological polar surface area (TPSA) is 42.0 Å². The summed E-state index contributed by atoms with van der Waals surface area (Å²) in [6.45, 7) is 0. The van der Waals surface area contributed by atoms with Gasteiger partial charge >= 0.3 is 6.18 Å². The van der Waals surface area contributed by atoms with E-state index in [0.29, 0.717) is 12.1 Å². The number of nitrogens with one attached hydrogen (secondary N) is 1. The molecule has 0 aliphatic rings. The summed E-state index contributed by atoms with van der Waals surface area (Å²) in [6, 6.07) is 12.8. The zero-order valence-electron chi connectivity index (χ0n) is 14.3. The van der Waals surface area contributed by atoms with E-state index in [1.165, 1.54) is 0 Å². The Morgan fingerprint density at radius 1 is 1.07 bits per heavy atom. The summed E-state index contributed by atoms with van der Waals surface area (Å²) in [7, 11) is 0. The number of amides is 1. The molecule has 0 unspecified atom stereocenters. The Hall–Kier alpha value is -2.87. The van der Waals surface area contributed by atoms with Crippen molar-refractivity contribution in [2.24, 2.45) is 0 Å². The van der Waals surface area contributed by atoms with Gasteiger partial charge in [0, 0.05) is 34.3 Å². The molecule has 0 atom stereocenters. The van der Waals surface area contributed by atoms with Gasteiger partial charge in [-0.15, -0.1) is 11.8 Å². The number of halogens is 4. The smallest absolute Gasteiger partial charge is 0.322 e. The number of rotatable bonds is 5. The standard InChI is InChI=1S/C20H14F4N2OS/c21-18-8-5-15(10-17(18)20(22,23)24)26-19(27)14-3-6-16(7-4-14)28-12-13-2-1-9-25-11-13/h1-11H,12H2,(H,26,27). The van der Waals surface area contributed by atoms with Crippen LogP contribution >= 0.6 is 11.8 Å². The highest BCUT2D eigenvalue weighted by Crippen LogP contribution is 2.33. The van der Waals surface area contributed by atoms with Crippen LogP contribution in [0.3, 0.4) is 0 Å². The number of hydrogen-bond acceptors (Lipinski definition) is 3. The fourth-order valence-electron chi connectivity index (χ4n) is 2.38. The van der Waals surface area contributed by atoms with E-state index >= 15 is 0 Å². The average Bonchev–Trinajstić information content (AvgIpc) is 2.68. The predicted molar refractivity (Wildman–Crippen MR) is 99.6 cm³/mol. The molecule has 1 aromatic heterocycles. The lowest BCUT2D eigenvalue weighted by atomic mass is 10.1. The second-order valence-corrected chi connectivity index (χ2v) is 6.87. The van der Waals surface area contributed by atoms with Crippen molar-refractivity contribution in [1.29, 1.82) is 0 Å². The average molecular weight is 406 g/mol. The molecule has 0 saturated carbocycles. The Morgan fingerprint density at radius 3 is 2.46 bits per heavy atom. The van der Waals surface area contributed by atoms with Crippen LogP contribution in [0.5, 0.6) is 0 Å². The van der Waals surface area contributed by atoms with Crippen molar-refractivity contribution in [3.63, 3.8) is 0 Å². The third kappa shape index (κ3) is 5.10. The number of pyridine rings is 1. The van der Waals surface area contributed by atoms with E-state index in [2.05, 4.69) is 10.3 Å². The zero-order chi connectivity index (χ0) is 20.1. The van der Waals surface area contributed by atoms with Crippen LogP contribution in [0.25, 0.3) is 0 Å². The molecule has 0 aliphatic carbocycles. The van der Waals surface area contributed by atoms with E-state index in [9.17, 15) is 22.4 Å². The number of benzene rings is 2. The number of nitrogens with zero attached hydrogens (tertiary/aromatic N) is 1. The van der Waals surface area contributed by atoms with Crippen molar-refractivity contribution in [3.05, 3.63) is 89.5 Å². The lowest BCUT2D eigenvalue weighted by molar-refractivity contribution is -0.139. The van der Waals surface area contributed by atoms with Crippen LogP contribution in [-0.4, -0.2) is 10.9 Å². The van der Waals surface area contributed by atoms with E-state index in [1.54, 1.807) is 48.4 Å². The number of carbonyl (C=O) groups excluding carboxylic acids is 1. The molecular weight excluding hydrogens is 392 g/mol. The van der Waals surface area contributed by atoms with E-state index < -0.39 is 23.5 Å². The molecule has 3 aromatic rings. The summed E-state index contributed by atoms with van der Waals surface area (Å²) >= 11 is 1.57. The number of carbonyl (C=O) groups is 1. The second kappa shape index (κ2) is 8.43. The van der Waals surface area contributed by atoms with Gasteiger partial charge in [0.25, 0.3) is 5.91 Å². The molecule has 144 valence electrons. The Balaban J connectivity index is 1.65. The zero-order valence-corrected chi connectivity index (χ0v) is 15.2. The Bertz CT molecular complexity index is 960. The maximum atomic E-state index is 13.3. The first-order valence-corrected chi connectivity index (χ1v) is 9.11. The van der Waals surface area contributed by atoms with Gasteiger partial charge in [-0.3, -0.25) is 9.78 Å². The van der Waals surface area contributed by atoms with E-state index in [0.717, 1.165) is 22.3 Å². The first-order chi connectivity index (χ1) is 13.3. The lowest BCUT2D eigenvalue weighted by Crippen LogP contribution is -2.14. The Morgan fingerprint density at radius 2 is 1.82 bits per heavy atom. The van der Waals surface area contributed by atoms with Crippen LogP contribution in [0, 0.1) is 5.82 Å².